The molecule has 2 bridgehead atoms. The highest BCUT2D eigenvalue weighted by molar-refractivity contribution is 5.37. The summed E-state index contributed by atoms with van der Waals surface area (Å²) in [4.78, 5) is 24.0. The fourth-order valence-corrected chi connectivity index (χ4v) is 6.09. The van der Waals surface area contributed by atoms with Gasteiger partial charge in [0.05, 0.1) is 12.1 Å². The minimum Gasteiger partial charge on any atom is -0.246 e. The largest absolute Gasteiger partial charge is 0.347 e. The zero-order valence-corrected chi connectivity index (χ0v) is 8.78. The molecule has 0 saturated heterocycles. The number of hydrogen-bond acceptors (Lipinski definition) is 2. The van der Waals surface area contributed by atoms with Gasteiger partial charge in [0.15, 0.2) is 0 Å². The van der Waals surface area contributed by atoms with Crippen molar-refractivity contribution in [3.63, 3.8) is 0 Å². The number of aromatic nitrogens is 3. The van der Waals surface area contributed by atoms with E-state index >= 15 is 0 Å². The summed E-state index contributed by atoms with van der Waals surface area (Å²) < 4.78 is 4.87. The summed E-state index contributed by atoms with van der Waals surface area (Å²) in [5.74, 6) is 4.89. The maximum Gasteiger partial charge on any atom is 0.347 e. The summed E-state index contributed by atoms with van der Waals surface area (Å²) in [6, 6.07) is 0.771. The van der Waals surface area contributed by atoms with Gasteiger partial charge in [-0.05, 0) is 35.5 Å². The molecule has 0 aromatic carbocycles. The van der Waals surface area contributed by atoms with Gasteiger partial charge in [-0.15, -0.1) is 0 Å². The maximum atomic E-state index is 12.0. The molecule has 1 aromatic rings. The van der Waals surface area contributed by atoms with Crippen molar-refractivity contribution >= 4 is 0 Å². The summed E-state index contributed by atoms with van der Waals surface area (Å²) in [6.45, 7) is 0. The predicted molar refractivity (Wildman–Crippen MR) is 52.9 cm³/mol. The first-order chi connectivity index (χ1) is 7.73. The Balaban J connectivity index is 1.81. The summed E-state index contributed by atoms with van der Waals surface area (Å²) in [6.07, 6.45) is 0. The molecular weight excluding hydrogens is 206 g/mol. The van der Waals surface area contributed by atoms with E-state index in [0.29, 0.717) is 12.1 Å². The molecule has 2 aliphatic heterocycles. The smallest absolute Gasteiger partial charge is 0.246 e. The quantitative estimate of drug-likeness (QED) is 0.571. The molecule has 6 aliphatic rings. The molecule has 0 radical (unpaired) electrons. The zero-order chi connectivity index (χ0) is 10.5. The van der Waals surface area contributed by atoms with Crippen molar-refractivity contribution in [3.8, 4) is 0 Å². The van der Waals surface area contributed by atoms with Crippen LogP contribution in [0.1, 0.15) is 12.1 Å². The molecule has 1 aromatic heterocycles. The van der Waals surface area contributed by atoms with Crippen LogP contribution < -0.4 is 11.4 Å². The van der Waals surface area contributed by atoms with E-state index in [4.69, 9.17) is 0 Å². The van der Waals surface area contributed by atoms with Gasteiger partial charge in [-0.25, -0.2) is 23.5 Å². The van der Waals surface area contributed by atoms with E-state index in [1.54, 1.807) is 16.4 Å². The predicted octanol–water partition coefficient (Wildman–Crippen LogP) is -0.804. The summed E-state index contributed by atoms with van der Waals surface area (Å²) in [7, 11) is 1.60. The van der Waals surface area contributed by atoms with Crippen LogP contribution in [-0.4, -0.2) is 13.9 Å². The Hall–Kier alpha value is -1.26. The number of nitrogens with zero attached hydrogens (tertiary/aromatic N) is 3. The first-order valence-electron chi connectivity index (χ1n) is 6.13. The Morgan fingerprint density at radius 1 is 0.750 bits per heavy atom. The van der Waals surface area contributed by atoms with Crippen LogP contribution in [0.25, 0.3) is 0 Å². The van der Waals surface area contributed by atoms with Gasteiger partial charge in [0, 0.05) is 7.05 Å². The van der Waals surface area contributed by atoms with Crippen molar-refractivity contribution in [2.75, 3.05) is 0 Å². The topological polar surface area (TPSA) is 48.9 Å². The molecular formula is C11H11N3O2. The average molecular weight is 217 g/mol. The van der Waals surface area contributed by atoms with Crippen LogP contribution in [0.3, 0.4) is 0 Å². The van der Waals surface area contributed by atoms with Gasteiger partial charge in [-0.1, -0.05) is 0 Å². The van der Waals surface area contributed by atoms with Crippen molar-refractivity contribution in [3.05, 3.63) is 21.0 Å². The van der Waals surface area contributed by atoms with Gasteiger partial charge in [0.1, 0.15) is 0 Å². The molecule has 4 fully saturated rings. The van der Waals surface area contributed by atoms with Gasteiger partial charge in [0.2, 0.25) is 0 Å². The van der Waals surface area contributed by atoms with Crippen LogP contribution in [0.5, 0.6) is 0 Å². The van der Waals surface area contributed by atoms with Crippen molar-refractivity contribution in [1.82, 2.24) is 13.9 Å². The van der Waals surface area contributed by atoms with Gasteiger partial charge in [0.25, 0.3) is 0 Å². The Morgan fingerprint density at radius 2 is 1.12 bits per heavy atom. The average Bonchev–Trinajstić information content (AvgIpc) is 2.44. The highest BCUT2D eigenvalue weighted by Gasteiger charge is 2.90. The minimum absolute atomic E-state index is 0.0919. The SMILES string of the molecule is Cn1c(=O)n2n(c1=O)C1[C@H]3C4C5[C@H](C2[C@H]53)[C@@H]41. The maximum absolute atomic E-state index is 12.0. The third-order valence-corrected chi connectivity index (χ3v) is 6.45. The van der Waals surface area contributed by atoms with E-state index in [2.05, 4.69) is 0 Å². The van der Waals surface area contributed by atoms with Crippen molar-refractivity contribution < 1.29 is 0 Å². The standard InChI is InChI=1S/C11H11N3O2/c1-12-10(15)13-8-4-2-3-6(4)9(7(3)5(2)8)14(13)11(12)16/h2-9H,1H3/t2?,3?,4-,5+,6+,7-,8?,9?. The lowest BCUT2D eigenvalue weighted by atomic mass is 9.16. The molecule has 7 rings (SSSR count). The van der Waals surface area contributed by atoms with Gasteiger partial charge in [-0.3, -0.25) is 0 Å². The molecule has 0 spiro atoms. The van der Waals surface area contributed by atoms with Crippen LogP contribution in [-0.2, 0) is 7.05 Å². The molecule has 4 saturated carbocycles. The highest BCUT2D eigenvalue weighted by Crippen LogP contribution is 2.91. The monoisotopic (exact) mass is 217 g/mol. The van der Waals surface area contributed by atoms with Gasteiger partial charge < -0.3 is 0 Å². The normalized spacial score (nSPS) is 60.1. The lowest BCUT2D eigenvalue weighted by Crippen LogP contribution is -2.91. The molecule has 4 unspecified atom stereocenters. The first-order valence-corrected chi connectivity index (χ1v) is 6.13. The fraction of sp³-hybridized carbons (Fsp3) is 0.818. The fourth-order valence-electron chi connectivity index (χ4n) is 6.09. The van der Waals surface area contributed by atoms with Gasteiger partial charge in [-0.2, -0.15) is 0 Å². The van der Waals surface area contributed by atoms with E-state index < -0.39 is 0 Å². The first kappa shape index (κ1) is 7.14. The van der Waals surface area contributed by atoms with E-state index in [9.17, 15) is 9.59 Å². The Kier molecular flexibility index (Phi) is 0.699. The third kappa shape index (κ3) is 0.351. The Labute approximate surface area is 90.3 Å². The third-order valence-electron chi connectivity index (χ3n) is 6.45. The second kappa shape index (κ2) is 1.57. The molecule has 3 heterocycles. The number of hydrogen-bond donors (Lipinski definition) is 0. The summed E-state index contributed by atoms with van der Waals surface area (Å²) in [5.41, 5.74) is -0.184. The van der Waals surface area contributed by atoms with E-state index in [1.807, 2.05) is 0 Å². The van der Waals surface area contributed by atoms with E-state index in [1.165, 1.54) is 4.57 Å². The van der Waals surface area contributed by atoms with E-state index in [0.717, 1.165) is 35.5 Å². The number of rotatable bonds is 0. The lowest BCUT2D eigenvalue weighted by Gasteiger charge is -2.91. The van der Waals surface area contributed by atoms with Crippen molar-refractivity contribution in [2.45, 2.75) is 12.1 Å². The zero-order valence-electron chi connectivity index (χ0n) is 8.78. The summed E-state index contributed by atoms with van der Waals surface area (Å²) >= 11 is 0. The molecule has 8 atom stereocenters. The highest BCUT2D eigenvalue weighted by atomic mass is 16.2. The van der Waals surface area contributed by atoms with Crippen LogP contribution in [0.2, 0.25) is 0 Å². The molecule has 82 valence electrons. The Morgan fingerprint density at radius 3 is 1.50 bits per heavy atom. The molecule has 0 N–H and O–H groups in total. The van der Waals surface area contributed by atoms with Crippen molar-refractivity contribution in [1.29, 1.82) is 0 Å². The second-order valence-electron chi connectivity index (χ2n) is 6.26. The van der Waals surface area contributed by atoms with E-state index in [-0.39, 0.29) is 11.4 Å². The second-order valence-corrected chi connectivity index (χ2v) is 6.26. The van der Waals surface area contributed by atoms with Crippen LogP contribution in [0, 0.1) is 35.5 Å². The molecule has 5 heteroatoms. The van der Waals surface area contributed by atoms with Crippen LogP contribution in [0.15, 0.2) is 9.59 Å². The molecule has 0 amide bonds. The van der Waals surface area contributed by atoms with Gasteiger partial charge >= 0.3 is 11.4 Å². The minimum atomic E-state index is -0.0919. The van der Waals surface area contributed by atoms with Crippen LogP contribution >= 0.6 is 0 Å². The molecule has 16 heavy (non-hydrogen) atoms. The van der Waals surface area contributed by atoms with Crippen molar-refractivity contribution in [2.24, 2.45) is 42.6 Å². The summed E-state index contributed by atoms with van der Waals surface area (Å²) in [5, 5.41) is 0. The Bertz CT molecular complexity index is 618. The molecule has 5 nitrogen and oxygen atoms in total. The van der Waals surface area contributed by atoms with Crippen LogP contribution in [0.4, 0.5) is 0 Å². The lowest BCUT2D eigenvalue weighted by molar-refractivity contribution is -0.450. The molecule has 4 aliphatic carbocycles.